The van der Waals surface area contributed by atoms with E-state index in [1.165, 1.54) is 11.8 Å². The van der Waals surface area contributed by atoms with Gasteiger partial charge in [0, 0.05) is 72.4 Å². The molecule has 3 aromatic heterocycles. The van der Waals surface area contributed by atoms with Gasteiger partial charge in [0.2, 0.25) is 5.91 Å². The molecule has 9 heteroatoms. The van der Waals surface area contributed by atoms with Crippen molar-refractivity contribution in [3.8, 4) is 39.6 Å². The second-order valence-corrected chi connectivity index (χ2v) is 11.6. The van der Waals surface area contributed by atoms with Crippen LogP contribution in [0.4, 0.5) is 11.4 Å². The Kier molecular flexibility index (Phi) is 7.53. The van der Waals surface area contributed by atoms with Crippen molar-refractivity contribution in [2.75, 3.05) is 36.9 Å². The molecule has 2 N–H and O–H groups in total. The molecule has 44 heavy (non-hydrogen) atoms. The molecule has 4 heterocycles. The zero-order valence-electron chi connectivity index (χ0n) is 25.8. The molecule has 2 aromatic carbocycles. The van der Waals surface area contributed by atoms with E-state index in [-0.39, 0.29) is 5.91 Å². The van der Waals surface area contributed by atoms with Gasteiger partial charge in [0.05, 0.1) is 11.9 Å². The van der Waals surface area contributed by atoms with E-state index >= 15 is 0 Å². The number of rotatable bonds is 6. The van der Waals surface area contributed by atoms with Crippen LogP contribution in [0, 0.1) is 25.2 Å². The molecule has 0 saturated carbocycles. The van der Waals surface area contributed by atoms with Crippen LogP contribution in [0.2, 0.25) is 0 Å². The summed E-state index contributed by atoms with van der Waals surface area (Å²) in [5, 5.41) is 18.1. The van der Waals surface area contributed by atoms with Crippen LogP contribution in [0.15, 0.2) is 67.5 Å². The van der Waals surface area contributed by atoms with Crippen molar-refractivity contribution >= 4 is 28.3 Å². The van der Waals surface area contributed by atoms with E-state index < -0.39 is 0 Å². The summed E-state index contributed by atoms with van der Waals surface area (Å²) in [6.45, 7) is 12.9. The first kappa shape index (κ1) is 28.9. The summed E-state index contributed by atoms with van der Waals surface area (Å²) in [5.74, 6) is -0.265. The monoisotopic (exact) mass is 584 g/mol. The number of benzene rings is 2. The van der Waals surface area contributed by atoms with Crippen LogP contribution in [0.3, 0.4) is 0 Å². The van der Waals surface area contributed by atoms with Gasteiger partial charge in [-0.2, -0.15) is 10.4 Å². The number of pyridine rings is 1. The number of nitriles is 1. The summed E-state index contributed by atoms with van der Waals surface area (Å²) in [5.41, 5.74) is 10.5. The first-order chi connectivity index (χ1) is 21.2. The normalized spacial score (nSPS) is 15.4. The summed E-state index contributed by atoms with van der Waals surface area (Å²) in [6.07, 6.45) is 4.80. The van der Waals surface area contributed by atoms with Crippen molar-refractivity contribution in [3.63, 3.8) is 0 Å². The number of carbonyl (C=O) groups excluding carboxylic acids is 1. The molecule has 1 saturated heterocycles. The molecule has 5 aromatic rings. The van der Waals surface area contributed by atoms with E-state index in [0.717, 1.165) is 75.3 Å². The van der Waals surface area contributed by atoms with Crippen molar-refractivity contribution in [1.82, 2.24) is 24.6 Å². The van der Waals surface area contributed by atoms with Crippen molar-refractivity contribution in [2.24, 2.45) is 7.05 Å². The van der Waals surface area contributed by atoms with Gasteiger partial charge in [-0.15, -0.1) is 0 Å². The van der Waals surface area contributed by atoms with Crippen LogP contribution in [0.1, 0.15) is 23.7 Å². The van der Waals surface area contributed by atoms with Gasteiger partial charge in [0.1, 0.15) is 17.4 Å². The van der Waals surface area contributed by atoms with E-state index in [4.69, 9.17) is 4.98 Å². The zero-order chi connectivity index (χ0) is 31.1. The molecule has 1 amide bonds. The second kappa shape index (κ2) is 11.5. The summed E-state index contributed by atoms with van der Waals surface area (Å²) in [7, 11) is 3.94. The number of hydrogen-bond donors (Lipinski definition) is 2. The highest BCUT2D eigenvalue weighted by molar-refractivity contribution is 6.07. The number of aromatic nitrogens is 4. The molecule has 1 aliphatic heterocycles. The fourth-order valence-corrected chi connectivity index (χ4v) is 6.07. The Morgan fingerprint density at radius 3 is 2.55 bits per heavy atom. The number of hydrogen-bond acceptors (Lipinski definition) is 6. The minimum Gasteiger partial charge on any atom is -0.369 e. The van der Waals surface area contributed by atoms with Gasteiger partial charge in [-0.3, -0.25) is 9.48 Å². The highest BCUT2D eigenvalue weighted by atomic mass is 16.1. The summed E-state index contributed by atoms with van der Waals surface area (Å²) < 4.78 is 1.58. The van der Waals surface area contributed by atoms with Crippen molar-refractivity contribution in [1.29, 1.82) is 5.26 Å². The lowest BCUT2D eigenvalue weighted by Gasteiger charge is -2.39. The lowest BCUT2D eigenvalue weighted by atomic mass is 9.93. The third-order valence-electron chi connectivity index (χ3n) is 8.87. The van der Waals surface area contributed by atoms with Crippen LogP contribution in [0.5, 0.6) is 0 Å². The molecule has 0 aliphatic carbocycles. The number of aromatic amines is 1. The first-order valence-corrected chi connectivity index (χ1v) is 14.7. The fraction of sp³-hybridized carbons (Fsp3) is 0.257. The van der Waals surface area contributed by atoms with Gasteiger partial charge >= 0.3 is 0 Å². The number of H-pyrrole nitrogens is 1. The van der Waals surface area contributed by atoms with E-state index in [0.29, 0.717) is 17.4 Å². The summed E-state index contributed by atoms with van der Waals surface area (Å²) in [4.78, 5) is 25.6. The van der Waals surface area contributed by atoms with Crippen molar-refractivity contribution in [2.45, 2.75) is 26.8 Å². The lowest BCUT2D eigenvalue weighted by Crippen LogP contribution is -2.50. The average Bonchev–Trinajstić information content (AvgIpc) is 3.60. The Morgan fingerprint density at radius 1 is 1.09 bits per heavy atom. The maximum absolute atomic E-state index is 12.3. The van der Waals surface area contributed by atoms with E-state index in [9.17, 15) is 10.1 Å². The Balaban J connectivity index is 1.53. The minimum absolute atomic E-state index is 0.265. The molecule has 1 aliphatic rings. The standard InChI is InChI=1S/C35H36N8O/c1-7-31(44)39-29-16-25(9-8-21(29)2)33-32-23(4)27(28-19-38-42(6)30(28)17-36)18-37-35(32)40-34(33)24-10-12-26(13-11-24)43-15-14-41(5)22(3)20-43/h7-13,16,18-19,22H,1,14-15,20H2,2-6H3,(H,37,40)(H,39,44)/t22-/m0/s1. The van der Waals surface area contributed by atoms with Crippen LogP contribution < -0.4 is 10.2 Å². The van der Waals surface area contributed by atoms with Crippen LogP contribution in [-0.2, 0) is 11.8 Å². The predicted molar refractivity (Wildman–Crippen MR) is 176 cm³/mol. The molecule has 222 valence electrons. The van der Waals surface area contributed by atoms with E-state index in [2.05, 4.69) is 89.1 Å². The number of piperazine rings is 1. The van der Waals surface area contributed by atoms with Gasteiger partial charge in [-0.05, 0) is 74.3 Å². The van der Waals surface area contributed by atoms with Crippen molar-refractivity contribution < 1.29 is 4.79 Å². The first-order valence-electron chi connectivity index (χ1n) is 14.7. The van der Waals surface area contributed by atoms with Crippen LogP contribution in [0.25, 0.3) is 44.5 Å². The number of amides is 1. The quantitative estimate of drug-likeness (QED) is 0.235. The molecular formula is C35H36N8O. The Labute approximate surface area is 257 Å². The molecular weight excluding hydrogens is 548 g/mol. The van der Waals surface area contributed by atoms with Crippen LogP contribution in [-0.4, -0.2) is 63.3 Å². The number of nitrogens with zero attached hydrogens (tertiary/aromatic N) is 6. The number of likely N-dealkylation sites (N-methyl/N-ethyl adjacent to an activating group) is 1. The molecule has 0 spiro atoms. The largest absolute Gasteiger partial charge is 0.369 e. The van der Waals surface area contributed by atoms with Crippen molar-refractivity contribution in [3.05, 3.63) is 84.3 Å². The number of fused-ring (bicyclic) bond motifs is 1. The highest BCUT2D eigenvalue weighted by Crippen LogP contribution is 2.43. The highest BCUT2D eigenvalue weighted by Gasteiger charge is 2.24. The topological polar surface area (TPSA) is 106 Å². The SMILES string of the molecule is C=CC(=O)Nc1cc(-c2c(-c3ccc(N4CCN(C)[C@@H](C)C4)cc3)[nH]c3ncc(-c4cnn(C)c4C#N)c(C)c23)ccc1C. The molecule has 9 nitrogen and oxygen atoms in total. The second-order valence-electron chi connectivity index (χ2n) is 11.6. The molecule has 0 bridgehead atoms. The smallest absolute Gasteiger partial charge is 0.247 e. The Hall–Kier alpha value is -5.20. The molecule has 6 rings (SSSR count). The molecule has 0 radical (unpaired) electrons. The summed E-state index contributed by atoms with van der Waals surface area (Å²) in [6, 6.07) is 17.5. The average molecular weight is 585 g/mol. The number of nitrogens with one attached hydrogen (secondary N) is 2. The lowest BCUT2D eigenvalue weighted by molar-refractivity contribution is -0.111. The molecule has 1 fully saturated rings. The third-order valence-corrected chi connectivity index (χ3v) is 8.87. The zero-order valence-corrected chi connectivity index (χ0v) is 25.8. The van der Waals surface area contributed by atoms with Gasteiger partial charge < -0.3 is 20.1 Å². The molecule has 1 atom stereocenters. The Bertz CT molecular complexity index is 1940. The van der Waals surface area contributed by atoms with Gasteiger partial charge in [0.15, 0.2) is 0 Å². The summed E-state index contributed by atoms with van der Waals surface area (Å²) >= 11 is 0. The predicted octanol–water partition coefficient (Wildman–Crippen LogP) is 6.05. The maximum atomic E-state index is 12.3. The van der Waals surface area contributed by atoms with Gasteiger partial charge in [0.25, 0.3) is 0 Å². The van der Waals surface area contributed by atoms with E-state index in [1.807, 2.05) is 25.3 Å². The third kappa shape index (κ3) is 5.03. The van der Waals surface area contributed by atoms with E-state index in [1.54, 1.807) is 17.9 Å². The Morgan fingerprint density at radius 2 is 1.84 bits per heavy atom. The fourth-order valence-electron chi connectivity index (χ4n) is 6.07. The van der Waals surface area contributed by atoms with Gasteiger partial charge in [-0.1, -0.05) is 30.8 Å². The van der Waals surface area contributed by atoms with Crippen LogP contribution >= 0.6 is 0 Å². The number of carbonyl (C=O) groups is 1. The number of aryl methyl sites for hydroxylation is 3. The maximum Gasteiger partial charge on any atom is 0.247 e. The van der Waals surface area contributed by atoms with Gasteiger partial charge in [-0.25, -0.2) is 4.98 Å². The minimum atomic E-state index is -0.265. The molecule has 0 unspecified atom stereocenters. The number of anilines is 2.